The van der Waals surface area contributed by atoms with E-state index in [2.05, 4.69) is 17.1 Å². The summed E-state index contributed by atoms with van der Waals surface area (Å²) in [7, 11) is 0. The molecule has 3 heterocycles. The van der Waals surface area contributed by atoms with Gasteiger partial charge in [0.1, 0.15) is 11.3 Å². The van der Waals surface area contributed by atoms with Crippen molar-refractivity contribution in [3.05, 3.63) is 41.0 Å². The van der Waals surface area contributed by atoms with Crippen molar-refractivity contribution in [3.63, 3.8) is 0 Å². The van der Waals surface area contributed by atoms with Gasteiger partial charge in [-0.2, -0.15) is 4.98 Å². The SMILES string of the molecule is CC(=O)N1CCN(c2nc(NCC(C)c3ccc(Cl)cc3)c3cn(C(C)C)c(O)c3n2)CC1. The number of fused-ring (bicyclic) bond motifs is 1. The first-order valence-corrected chi connectivity index (χ1v) is 11.7. The van der Waals surface area contributed by atoms with E-state index in [1.165, 1.54) is 5.56 Å². The molecule has 1 saturated heterocycles. The summed E-state index contributed by atoms with van der Waals surface area (Å²) in [6, 6.07) is 7.95. The van der Waals surface area contributed by atoms with E-state index in [9.17, 15) is 9.90 Å². The van der Waals surface area contributed by atoms with Gasteiger partial charge in [-0.3, -0.25) is 4.79 Å². The van der Waals surface area contributed by atoms with Gasteiger partial charge in [0.2, 0.25) is 17.7 Å². The molecule has 1 unspecified atom stereocenters. The monoisotopic (exact) mass is 470 g/mol. The molecule has 8 nitrogen and oxygen atoms in total. The number of benzene rings is 1. The van der Waals surface area contributed by atoms with E-state index in [0.29, 0.717) is 50.0 Å². The Labute approximate surface area is 199 Å². The molecule has 1 atom stereocenters. The van der Waals surface area contributed by atoms with Gasteiger partial charge >= 0.3 is 0 Å². The highest BCUT2D eigenvalue weighted by atomic mass is 35.5. The summed E-state index contributed by atoms with van der Waals surface area (Å²) in [5, 5.41) is 15.9. The lowest BCUT2D eigenvalue weighted by atomic mass is 10.0. The van der Waals surface area contributed by atoms with Crippen LogP contribution in [-0.4, -0.2) is 63.2 Å². The lowest BCUT2D eigenvalue weighted by Gasteiger charge is -2.34. The van der Waals surface area contributed by atoms with E-state index in [4.69, 9.17) is 21.6 Å². The zero-order chi connectivity index (χ0) is 23.7. The quantitative estimate of drug-likeness (QED) is 0.560. The molecule has 1 amide bonds. The second kappa shape index (κ2) is 9.47. The molecule has 1 aliphatic rings. The van der Waals surface area contributed by atoms with Gasteiger partial charge in [-0.1, -0.05) is 30.7 Å². The number of piperazine rings is 1. The third-order valence-electron chi connectivity index (χ3n) is 6.24. The summed E-state index contributed by atoms with van der Waals surface area (Å²) in [5.41, 5.74) is 1.71. The number of amides is 1. The fraction of sp³-hybridized carbons (Fsp3) is 0.458. The normalized spacial score (nSPS) is 15.3. The maximum absolute atomic E-state index is 11.7. The van der Waals surface area contributed by atoms with Gasteiger partial charge in [0.25, 0.3) is 0 Å². The van der Waals surface area contributed by atoms with Gasteiger partial charge in [-0.25, -0.2) is 4.98 Å². The van der Waals surface area contributed by atoms with E-state index in [0.717, 1.165) is 10.4 Å². The van der Waals surface area contributed by atoms with Crippen molar-refractivity contribution in [2.45, 2.75) is 39.7 Å². The molecule has 4 rings (SSSR count). The summed E-state index contributed by atoms with van der Waals surface area (Å²) < 4.78 is 1.81. The molecule has 0 saturated carbocycles. The lowest BCUT2D eigenvalue weighted by Crippen LogP contribution is -2.48. The summed E-state index contributed by atoms with van der Waals surface area (Å²) in [6.07, 6.45) is 1.90. The Morgan fingerprint density at radius 2 is 1.79 bits per heavy atom. The molecule has 2 aromatic heterocycles. The molecule has 2 N–H and O–H groups in total. The summed E-state index contributed by atoms with van der Waals surface area (Å²) >= 11 is 6.03. The smallest absolute Gasteiger partial charge is 0.228 e. The van der Waals surface area contributed by atoms with E-state index in [1.54, 1.807) is 6.92 Å². The topological polar surface area (TPSA) is 86.5 Å². The molecule has 1 fully saturated rings. The number of rotatable bonds is 6. The van der Waals surface area contributed by atoms with Gasteiger partial charge in [0.05, 0.1) is 5.39 Å². The van der Waals surface area contributed by atoms with Crippen LogP contribution in [0.1, 0.15) is 45.2 Å². The van der Waals surface area contributed by atoms with Crippen molar-refractivity contribution in [1.29, 1.82) is 0 Å². The molecule has 176 valence electrons. The molecular weight excluding hydrogens is 440 g/mol. The Balaban J connectivity index is 1.64. The summed E-state index contributed by atoms with van der Waals surface area (Å²) in [5.74, 6) is 1.70. The van der Waals surface area contributed by atoms with Crippen molar-refractivity contribution in [2.24, 2.45) is 0 Å². The lowest BCUT2D eigenvalue weighted by molar-refractivity contribution is -0.129. The Hall–Kier alpha value is -3.00. The fourth-order valence-corrected chi connectivity index (χ4v) is 4.25. The fourth-order valence-electron chi connectivity index (χ4n) is 4.12. The first-order chi connectivity index (χ1) is 15.7. The number of hydrogen-bond acceptors (Lipinski definition) is 6. The minimum Gasteiger partial charge on any atom is -0.493 e. The zero-order valence-electron chi connectivity index (χ0n) is 19.5. The number of nitrogens with one attached hydrogen (secondary N) is 1. The maximum Gasteiger partial charge on any atom is 0.228 e. The first-order valence-electron chi connectivity index (χ1n) is 11.4. The summed E-state index contributed by atoms with van der Waals surface area (Å²) in [6.45, 7) is 11.0. The standard InChI is InChI=1S/C24H31ClN6O2/c1-15(2)31-14-20-21(23(31)33)27-24(30-11-9-29(10-12-30)17(4)32)28-22(20)26-13-16(3)18-5-7-19(25)8-6-18/h5-8,14-16,33H,9-13H2,1-4H3,(H,26,27,28). The molecule has 1 aliphatic heterocycles. The third-order valence-corrected chi connectivity index (χ3v) is 6.49. The summed E-state index contributed by atoms with van der Waals surface area (Å²) in [4.78, 5) is 25.1. The highest BCUT2D eigenvalue weighted by Gasteiger charge is 2.24. The molecule has 0 spiro atoms. The van der Waals surface area contributed by atoms with Crippen molar-refractivity contribution in [1.82, 2.24) is 19.4 Å². The third kappa shape index (κ3) is 4.85. The van der Waals surface area contributed by atoms with Crippen LogP contribution in [0.5, 0.6) is 5.88 Å². The van der Waals surface area contributed by atoms with Crippen molar-refractivity contribution in [2.75, 3.05) is 42.9 Å². The Morgan fingerprint density at radius 1 is 1.12 bits per heavy atom. The van der Waals surface area contributed by atoms with Crippen LogP contribution in [0, 0.1) is 0 Å². The van der Waals surface area contributed by atoms with Crippen LogP contribution in [0.25, 0.3) is 10.9 Å². The highest BCUT2D eigenvalue weighted by molar-refractivity contribution is 6.30. The molecule has 33 heavy (non-hydrogen) atoms. The molecule has 1 aromatic carbocycles. The number of aromatic nitrogens is 3. The van der Waals surface area contributed by atoms with Gasteiger partial charge < -0.3 is 24.8 Å². The van der Waals surface area contributed by atoms with E-state index >= 15 is 0 Å². The Bertz CT molecular complexity index is 1140. The number of carbonyl (C=O) groups excluding carboxylic acids is 1. The Kier molecular flexibility index (Phi) is 6.65. The van der Waals surface area contributed by atoms with Crippen LogP contribution in [0.4, 0.5) is 11.8 Å². The predicted octanol–water partition coefficient (Wildman–Crippen LogP) is 4.26. The zero-order valence-corrected chi connectivity index (χ0v) is 20.3. The number of nitrogens with zero attached hydrogens (tertiary/aromatic N) is 5. The van der Waals surface area contributed by atoms with Crippen LogP contribution < -0.4 is 10.2 Å². The van der Waals surface area contributed by atoms with E-state index in [-0.39, 0.29) is 23.7 Å². The van der Waals surface area contributed by atoms with E-state index < -0.39 is 0 Å². The minimum atomic E-state index is 0.0798. The largest absolute Gasteiger partial charge is 0.493 e. The number of carbonyl (C=O) groups is 1. The molecule has 0 radical (unpaired) electrons. The second-order valence-corrected chi connectivity index (χ2v) is 9.35. The van der Waals surface area contributed by atoms with Crippen LogP contribution in [-0.2, 0) is 4.79 Å². The number of anilines is 2. The molecular formula is C24H31ClN6O2. The number of halogens is 1. The Morgan fingerprint density at radius 3 is 2.39 bits per heavy atom. The minimum absolute atomic E-state index is 0.0798. The molecule has 9 heteroatoms. The van der Waals surface area contributed by atoms with E-state index in [1.807, 2.05) is 53.8 Å². The predicted molar refractivity (Wildman–Crippen MR) is 132 cm³/mol. The number of hydrogen-bond donors (Lipinski definition) is 2. The van der Waals surface area contributed by atoms with Crippen molar-refractivity contribution in [3.8, 4) is 5.88 Å². The van der Waals surface area contributed by atoms with Crippen LogP contribution in [0.3, 0.4) is 0 Å². The second-order valence-electron chi connectivity index (χ2n) is 8.91. The average Bonchev–Trinajstić information content (AvgIpc) is 3.14. The van der Waals surface area contributed by atoms with Crippen LogP contribution in [0.15, 0.2) is 30.5 Å². The van der Waals surface area contributed by atoms with Gasteiger partial charge in [0.15, 0.2) is 0 Å². The maximum atomic E-state index is 11.7. The van der Waals surface area contributed by atoms with Crippen molar-refractivity contribution >= 4 is 40.2 Å². The average molecular weight is 471 g/mol. The van der Waals surface area contributed by atoms with Gasteiger partial charge in [0, 0.05) is 56.9 Å². The first kappa shape index (κ1) is 23.2. The molecule has 0 aliphatic carbocycles. The van der Waals surface area contributed by atoms with Crippen molar-refractivity contribution < 1.29 is 9.90 Å². The van der Waals surface area contributed by atoms with Gasteiger partial charge in [-0.05, 0) is 37.5 Å². The van der Waals surface area contributed by atoms with Gasteiger partial charge in [-0.15, -0.1) is 0 Å². The number of aromatic hydroxyl groups is 1. The van der Waals surface area contributed by atoms with Crippen LogP contribution >= 0.6 is 11.6 Å². The molecule has 3 aromatic rings. The molecule has 0 bridgehead atoms. The highest BCUT2D eigenvalue weighted by Crippen LogP contribution is 2.34. The van der Waals surface area contributed by atoms with Crippen LogP contribution in [0.2, 0.25) is 5.02 Å².